The molecule has 17 atom stereocenters. The molecule has 3 saturated heterocycles. The molecule has 19 heteroatoms. The Kier molecular flexibility index (Phi) is 65.6. The molecule has 0 aromatic rings. The van der Waals surface area contributed by atoms with E-state index in [0.717, 1.165) is 44.9 Å². The second kappa shape index (κ2) is 70.5. The Balaban J connectivity index is 1.28. The van der Waals surface area contributed by atoms with Gasteiger partial charge in [0.05, 0.1) is 38.6 Å². The largest absolute Gasteiger partial charge is 0.394 e. The first-order chi connectivity index (χ1) is 53.3. The highest BCUT2D eigenvalue weighted by atomic mass is 16.8. The highest BCUT2D eigenvalue weighted by Crippen LogP contribution is 2.34. The lowest BCUT2D eigenvalue weighted by Crippen LogP contribution is -2.66. The minimum Gasteiger partial charge on any atom is -0.394 e. The Bertz CT molecular complexity index is 2060. The molecule has 109 heavy (non-hydrogen) atoms. The number of aliphatic hydroxyl groups excluding tert-OH is 11. The molecule has 0 bridgehead atoms. The minimum absolute atomic E-state index is 0.250. The number of amides is 1. The second-order valence-electron chi connectivity index (χ2n) is 33.1. The van der Waals surface area contributed by atoms with Crippen LogP contribution >= 0.6 is 0 Å². The normalized spacial score (nSPS) is 25.3. The van der Waals surface area contributed by atoms with Crippen molar-refractivity contribution in [2.24, 2.45) is 0 Å². The van der Waals surface area contributed by atoms with Crippen molar-refractivity contribution in [3.63, 3.8) is 0 Å². The Morgan fingerprint density at radius 2 is 0.578 bits per heavy atom. The zero-order chi connectivity index (χ0) is 78.8. The van der Waals surface area contributed by atoms with E-state index in [1.807, 2.05) is 6.08 Å². The molecule has 3 rings (SSSR count). The molecule has 0 radical (unpaired) electrons. The fourth-order valence-corrected chi connectivity index (χ4v) is 15.9. The van der Waals surface area contributed by atoms with Crippen LogP contribution in [0.5, 0.6) is 0 Å². The van der Waals surface area contributed by atoms with Crippen molar-refractivity contribution >= 4 is 5.91 Å². The molecule has 0 saturated carbocycles. The Hall–Kier alpha value is -1.73. The standard InChI is InChI=1S/C90H171NO18/c1-3-5-7-9-11-13-15-17-19-21-23-25-27-28-29-30-31-32-33-34-35-36-37-38-39-40-41-42-43-44-46-48-50-52-54-56-58-60-62-64-66-68-78(96)91-73(74(95)67-65-63-61-59-57-55-53-51-49-47-45-26-24-22-20-18-16-14-12-10-8-6-4-2)72-104-88-84(102)81(99)86(76(70-93)106-88)109-90-85(103)82(100)87(77(71-94)107-90)108-89-83(101)80(98)79(97)75(69-92)105-89/h21,23,65,67,73-77,79-90,92-95,97-103H,3-20,22,24-64,66,68-72H2,1-2H3,(H,91,96)/b23-21-,67-65+. The highest BCUT2D eigenvalue weighted by molar-refractivity contribution is 5.76. The van der Waals surface area contributed by atoms with Gasteiger partial charge < -0.3 is 89.9 Å². The molecule has 3 heterocycles. The molecule has 1 amide bonds. The maximum atomic E-state index is 13.5. The first-order valence-electron chi connectivity index (χ1n) is 46.1. The zero-order valence-electron chi connectivity index (χ0n) is 69.6. The predicted octanol–water partition coefficient (Wildman–Crippen LogP) is 17.6. The SMILES string of the molecule is CCCCCCCCCC/C=C\CCCCCCCCCCCCCCCCCCCCCCCCCCCCCCCC(=O)NC(COC1OC(CO)C(OC2OC(CO)C(OC3OC(CO)C(O)C(O)C3O)C(O)C2O)C(O)C1O)C(O)/C=C/CCCCCCCCCCCCCCCCCCCCCCC. The van der Waals surface area contributed by atoms with E-state index in [0.29, 0.717) is 6.42 Å². The van der Waals surface area contributed by atoms with Gasteiger partial charge in [0.25, 0.3) is 0 Å². The predicted molar refractivity (Wildman–Crippen MR) is 439 cm³/mol. The van der Waals surface area contributed by atoms with Gasteiger partial charge in [0.1, 0.15) is 73.2 Å². The number of unbranched alkanes of at least 4 members (excludes halogenated alkanes) is 58. The number of ether oxygens (including phenoxy) is 6. The van der Waals surface area contributed by atoms with Crippen molar-refractivity contribution in [2.75, 3.05) is 26.4 Å². The summed E-state index contributed by atoms with van der Waals surface area (Å²) in [5.41, 5.74) is 0. The fraction of sp³-hybridized carbons (Fsp3) is 0.944. The van der Waals surface area contributed by atoms with Crippen LogP contribution < -0.4 is 5.32 Å². The number of hydrogen-bond acceptors (Lipinski definition) is 18. The van der Waals surface area contributed by atoms with Crippen LogP contribution in [0.3, 0.4) is 0 Å². The topological polar surface area (TPSA) is 307 Å². The summed E-state index contributed by atoms with van der Waals surface area (Å²) in [7, 11) is 0. The molecule has 644 valence electrons. The van der Waals surface area contributed by atoms with Gasteiger partial charge in [-0.1, -0.05) is 385 Å². The van der Waals surface area contributed by atoms with Crippen molar-refractivity contribution in [1.29, 1.82) is 0 Å². The van der Waals surface area contributed by atoms with Crippen LogP contribution in [0.1, 0.15) is 412 Å². The van der Waals surface area contributed by atoms with Gasteiger partial charge in [0.15, 0.2) is 18.9 Å². The third-order valence-corrected chi connectivity index (χ3v) is 23.2. The second-order valence-corrected chi connectivity index (χ2v) is 33.1. The minimum atomic E-state index is -1.98. The Morgan fingerprint density at radius 1 is 0.321 bits per heavy atom. The van der Waals surface area contributed by atoms with E-state index >= 15 is 0 Å². The van der Waals surface area contributed by atoms with Gasteiger partial charge in [-0.2, -0.15) is 0 Å². The summed E-state index contributed by atoms with van der Waals surface area (Å²) in [6.07, 6.45) is 62.1. The van der Waals surface area contributed by atoms with Gasteiger partial charge in [0, 0.05) is 6.42 Å². The molecular weight excluding hydrogens is 1380 g/mol. The lowest BCUT2D eigenvalue weighted by atomic mass is 9.96. The van der Waals surface area contributed by atoms with Gasteiger partial charge in [-0.25, -0.2) is 0 Å². The molecule has 0 aromatic heterocycles. The summed E-state index contributed by atoms with van der Waals surface area (Å²) in [6.45, 7) is 1.81. The lowest BCUT2D eigenvalue weighted by molar-refractivity contribution is -0.379. The Labute approximate surface area is 664 Å². The van der Waals surface area contributed by atoms with E-state index in [1.54, 1.807) is 6.08 Å². The summed E-state index contributed by atoms with van der Waals surface area (Å²) in [6, 6.07) is -0.972. The first-order valence-corrected chi connectivity index (χ1v) is 46.1. The first kappa shape index (κ1) is 101. The third-order valence-electron chi connectivity index (χ3n) is 23.2. The number of carbonyl (C=O) groups is 1. The number of carbonyl (C=O) groups excluding carboxylic acids is 1. The highest BCUT2D eigenvalue weighted by Gasteiger charge is 2.54. The van der Waals surface area contributed by atoms with Gasteiger partial charge in [-0.15, -0.1) is 0 Å². The van der Waals surface area contributed by atoms with Crippen molar-refractivity contribution in [1.82, 2.24) is 5.32 Å². The third kappa shape index (κ3) is 49.2. The summed E-state index contributed by atoms with van der Waals surface area (Å²) < 4.78 is 34.5. The van der Waals surface area contributed by atoms with Crippen molar-refractivity contribution < 1.29 is 89.4 Å². The smallest absolute Gasteiger partial charge is 0.220 e. The summed E-state index contributed by atoms with van der Waals surface area (Å²) >= 11 is 0. The maximum Gasteiger partial charge on any atom is 0.220 e. The molecule has 0 spiro atoms. The number of rotatable bonds is 76. The summed E-state index contributed by atoms with van der Waals surface area (Å²) in [4.78, 5) is 13.5. The van der Waals surface area contributed by atoms with Crippen LogP contribution in [0.15, 0.2) is 24.3 Å². The average Bonchev–Trinajstić information content (AvgIpc) is 0.760. The van der Waals surface area contributed by atoms with Crippen LogP contribution in [-0.2, 0) is 33.2 Å². The summed E-state index contributed by atoms with van der Waals surface area (Å²) in [5, 5.41) is 121. The van der Waals surface area contributed by atoms with E-state index in [1.165, 1.54) is 340 Å². The number of allylic oxidation sites excluding steroid dienone is 3. The monoisotopic (exact) mass is 1550 g/mol. The zero-order valence-corrected chi connectivity index (χ0v) is 69.6. The van der Waals surface area contributed by atoms with E-state index in [-0.39, 0.29) is 18.9 Å². The molecule has 3 aliphatic rings. The number of aliphatic hydroxyl groups is 11. The van der Waals surface area contributed by atoms with Gasteiger partial charge >= 0.3 is 0 Å². The van der Waals surface area contributed by atoms with E-state index in [4.69, 9.17) is 28.4 Å². The average molecular weight is 1560 g/mol. The molecular formula is C90H171NO18. The Morgan fingerprint density at radius 3 is 0.890 bits per heavy atom. The molecule has 12 N–H and O–H groups in total. The van der Waals surface area contributed by atoms with Gasteiger partial charge in [0.2, 0.25) is 5.91 Å². The van der Waals surface area contributed by atoms with Crippen LogP contribution in [0.2, 0.25) is 0 Å². The van der Waals surface area contributed by atoms with E-state index in [9.17, 15) is 61.0 Å². The van der Waals surface area contributed by atoms with Crippen LogP contribution in [0.4, 0.5) is 0 Å². The molecule has 0 aromatic carbocycles. The van der Waals surface area contributed by atoms with Crippen LogP contribution in [0, 0.1) is 0 Å². The fourth-order valence-electron chi connectivity index (χ4n) is 15.9. The molecule has 0 aliphatic carbocycles. The maximum absolute atomic E-state index is 13.5. The number of hydrogen-bond donors (Lipinski definition) is 12. The van der Waals surface area contributed by atoms with Crippen LogP contribution in [-0.4, -0.2) is 193 Å². The lowest BCUT2D eigenvalue weighted by Gasteiger charge is -2.48. The van der Waals surface area contributed by atoms with E-state index < -0.39 is 124 Å². The number of nitrogens with one attached hydrogen (secondary N) is 1. The molecule has 3 aliphatic heterocycles. The van der Waals surface area contributed by atoms with Gasteiger partial charge in [-0.05, 0) is 44.9 Å². The van der Waals surface area contributed by atoms with Gasteiger partial charge in [-0.3, -0.25) is 4.79 Å². The van der Waals surface area contributed by atoms with Crippen LogP contribution in [0.25, 0.3) is 0 Å². The van der Waals surface area contributed by atoms with E-state index in [2.05, 4.69) is 31.3 Å². The summed E-state index contributed by atoms with van der Waals surface area (Å²) in [5.74, 6) is -0.265. The van der Waals surface area contributed by atoms with Crippen molar-refractivity contribution in [2.45, 2.75) is 516 Å². The molecule has 19 nitrogen and oxygen atoms in total. The molecule has 17 unspecified atom stereocenters. The van der Waals surface area contributed by atoms with Crippen molar-refractivity contribution in [3.05, 3.63) is 24.3 Å². The van der Waals surface area contributed by atoms with Crippen molar-refractivity contribution in [3.8, 4) is 0 Å². The molecule has 3 fully saturated rings. The quantitative estimate of drug-likeness (QED) is 0.0199.